The molecule has 132 valence electrons. The van der Waals surface area contributed by atoms with E-state index in [9.17, 15) is 4.79 Å². The SMILES string of the molecule is O=C(N[C@@H]1CCN(c2nccs2)C1)C1(c2ccc(Cl)cc2)CCCC1. The van der Waals surface area contributed by atoms with Gasteiger partial charge in [0.15, 0.2) is 5.13 Å². The molecular weight excluding hydrogens is 354 g/mol. The quantitative estimate of drug-likeness (QED) is 0.878. The number of anilines is 1. The summed E-state index contributed by atoms with van der Waals surface area (Å²) in [6.45, 7) is 1.79. The molecular formula is C19H22ClN3OS. The van der Waals surface area contributed by atoms with E-state index in [0.29, 0.717) is 5.02 Å². The Labute approximate surface area is 157 Å². The second-order valence-electron chi connectivity index (χ2n) is 7.02. The smallest absolute Gasteiger partial charge is 0.230 e. The Morgan fingerprint density at radius 3 is 2.72 bits per heavy atom. The summed E-state index contributed by atoms with van der Waals surface area (Å²) in [7, 11) is 0. The number of thiazole rings is 1. The number of hydrogen-bond acceptors (Lipinski definition) is 4. The van der Waals surface area contributed by atoms with E-state index in [1.54, 1.807) is 11.3 Å². The first kappa shape index (κ1) is 16.9. The van der Waals surface area contributed by atoms with Crippen molar-refractivity contribution in [1.82, 2.24) is 10.3 Å². The Balaban J connectivity index is 1.48. The van der Waals surface area contributed by atoms with Crippen LogP contribution in [0.25, 0.3) is 0 Å². The predicted octanol–water partition coefficient (Wildman–Crippen LogP) is 4.00. The van der Waals surface area contributed by atoms with Gasteiger partial charge in [0, 0.05) is 35.7 Å². The average Bonchev–Trinajstić information content (AvgIpc) is 3.37. The van der Waals surface area contributed by atoms with Gasteiger partial charge in [-0.1, -0.05) is 36.6 Å². The summed E-state index contributed by atoms with van der Waals surface area (Å²) in [5, 5.41) is 7.09. The number of benzene rings is 1. The van der Waals surface area contributed by atoms with Crippen LogP contribution in [0.1, 0.15) is 37.7 Å². The van der Waals surface area contributed by atoms with Crippen molar-refractivity contribution >= 4 is 34.0 Å². The van der Waals surface area contributed by atoms with Crippen LogP contribution in [0.5, 0.6) is 0 Å². The Morgan fingerprint density at radius 1 is 1.28 bits per heavy atom. The fraction of sp³-hybridized carbons (Fsp3) is 0.474. The van der Waals surface area contributed by atoms with Gasteiger partial charge in [-0.05, 0) is 37.0 Å². The molecule has 1 N–H and O–H groups in total. The van der Waals surface area contributed by atoms with E-state index in [0.717, 1.165) is 55.9 Å². The van der Waals surface area contributed by atoms with Crippen molar-refractivity contribution < 1.29 is 4.79 Å². The minimum Gasteiger partial charge on any atom is -0.351 e. The lowest BCUT2D eigenvalue weighted by Gasteiger charge is -2.30. The molecule has 2 heterocycles. The second-order valence-corrected chi connectivity index (χ2v) is 8.33. The van der Waals surface area contributed by atoms with E-state index in [1.807, 2.05) is 35.8 Å². The first-order valence-corrected chi connectivity index (χ1v) is 10.1. The lowest BCUT2D eigenvalue weighted by molar-refractivity contribution is -0.127. The number of nitrogens with one attached hydrogen (secondary N) is 1. The highest BCUT2D eigenvalue weighted by Gasteiger charge is 2.43. The Bertz CT molecular complexity index is 726. The van der Waals surface area contributed by atoms with Gasteiger partial charge in [0.25, 0.3) is 0 Å². The molecule has 2 aromatic rings. The van der Waals surface area contributed by atoms with E-state index < -0.39 is 0 Å². The van der Waals surface area contributed by atoms with E-state index in [4.69, 9.17) is 11.6 Å². The maximum absolute atomic E-state index is 13.2. The average molecular weight is 376 g/mol. The van der Waals surface area contributed by atoms with Crippen LogP contribution in [-0.4, -0.2) is 30.0 Å². The normalized spacial score (nSPS) is 22.3. The second kappa shape index (κ2) is 6.96. The summed E-state index contributed by atoms with van der Waals surface area (Å²) in [6.07, 6.45) is 6.85. The van der Waals surface area contributed by atoms with Gasteiger partial charge in [-0.25, -0.2) is 4.98 Å². The van der Waals surface area contributed by atoms with Crippen molar-refractivity contribution in [3.8, 4) is 0 Å². The minimum absolute atomic E-state index is 0.179. The minimum atomic E-state index is -0.390. The number of nitrogens with zero attached hydrogens (tertiary/aromatic N) is 2. The molecule has 1 aliphatic heterocycles. The molecule has 2 aliphatic rings. The molecule has 4 rings (SSSR count). The molecule has 1 aromatic carbocycles. The van der Waals surface area contributed by atoms with Crippen LogP contribution in [-0.2, 0) is 10.2 Å². The summed E-state index contributed by atoms with van der Waals surface area (Å²) >= 11 is 7.69. The van der Waals surface area contributed by atoms with Crippen molar-refractivity contribution in [1.29, 1.82) is 0 Å². The van der Waals surface area contributed by atoms with Crippen molar-refractivity contribution in [2.24, 2.45) is 0 Å². The number of carbonyl (C=O) groups excluding carboxylic acids is 1. The monoisotopic (exact) mass is 375 g/mol. The zero-order chi connectivity index (χ0) is 17.3. The number of rotatable bonds is 4. The van der Waals surface area contributed by atoms with Crippen LogP contribution in [0.2, 0.25) is 5.02 Å². The predicted molar refractivity (Wildman–Crippen MR) is 102 cm³/mol. The van der Waals surface area contributed by atoms with Gasteiger partial charge in [-0.3, -0.25) is 4.79 Å². The first-order chi connectivity index (χ1) is 12.2. The lowest BCUT2D eigenvalue weighted by atomic mass is 9.78. The summed E-state index contributed by atoms with van der Waals surface area (Å²) in [5.41, 5.74) is 0.709. The van der Waals surface area contributed by atoms with Crippen LogP contribution < -0.4 is 10.2 Å². The van der Waals surface area contributed by atoms with Crippen LogP contribution in [0.15, 0.2) is 35.8 Å². The van der Waals surface area contributed by atoms with E-state index in [1.165, 1.54) is 0 Å². The highest BCUT2D eigenvalue weighted by Crippen LogP contribution is 2.42. The van der Waals surface area contributed by atoms with Crippen molar-refractivity contribution in [3.05, 3.63) is 46.4 Å². The van der Waals surface area contributed by atoms with Crippen molar-refractivity contribution in [2.75, 3.05) is 18.0 Å². The summed E-state index contributed by atoms with van der Waals surface area (Å²) < 4.78 is 0. The van der Waals surface area contributed by atoms with Gasteiger partial charge < -0.3 is 10.2 Å². The Hall–Kier alpha value is -1.59. The van der Waals surface area contributed by atoms with Crippen LogP contribution in [0, 0.1) is 0 Å². The molecule has 0 spiro atoms. The maximum Gasteiger partial charge on any atom is 0.230 e. The number of carbonyl (C=O) groups is 1. The van der Waals surface area contributed by atoms with Crippen molar-refractivity contribution in [2.45, 2.75) is 43.6 Å². The standard InChI is InChI=1S/C19H22ClN3OS/c20-15-5-3-14(4-6-15)19(8-1-2-9-19)17(24)22-16-7-11-23(13-16)18-21-10-12-25-18/h3-6,10,12,16H,1-2,7-9,11,13H2,(H,22,24)/t16-/m1/s1. The summed E-state index contributed by atoms with van der Waals surface area (Å²) in [5.74, 6) is 0.179. The molecule has 1 saturated carbocycles. The van der Waals surface area contributed by atoms with Crippen LogP contribution in [0.4, 0.5) is 5.13 Å². The lowest BCUT2D eigenvalue weighted by Crippen LogP contribution is -2.47. The van der Waals surface area contributed by atoms with Gasteiger partial charge in [-0.2, -0.15) is 0 Å². The third-order valence-corrected chi connectivity index (χ3v) is 6.59. The molecule has 1 amide bonds. The van der Waals surface area contributed by atoms with E-state index >= 15 is 0 Å². The fourth-order valence-electron chi connectivity index (χ4n) is 4.14. The third-order valence-electron chi connectivity index (χ3n) is 5.50. The molecule has 1 aromatic heterocycles. The molecule has 2 fully saturated rings. The molecule has 4 nitrogen and oxygen atoms in total. The number of amides is 1. The number of hydrogen-bond donors (Lipinski definition) is 1. The fourth-order valence-corrected chi connectivity index (χ4v) is 4.95. The zero-order valence-corrected chi connectivity index (χ0v) is 15.7. The molecule has 6 heteroatoms. The molecule has 0 bridgehead atoms. The highest BCUT2D eigenvalue weighted by atomic mass is 35.5. The number of halogens is 1. The molecule has 1 aliphatic carbocycles. The van der Waals surface area contributed by atoms with Gasteiger partial charge in [-0.15, -0.1) is 11.3 Å². The third kappa shape index (κ3) is 3.27. The molecule has 25 heavy (non-hydrogen) atoms. The zero-order valence-electron chi connectivity index (χ0n) is 14.1. The van der Waals surface area contributed by atoms with Gasteiger partial charge >= 0.3 is 0 Å². The molecule has 0 unspecified atom stereocenters. The van der Waals surface area contributed by atoms with Gasteiger partial charge in [0.05, 0.1) is 5.41 Å². The van der Waals surface area contributed by atoms with Crippen molar-refractivity contribution in [3.63, 3.8) is 0 Å². The summed E-state index contributed by atoms with van der Waals surface area (Å²) in [4.78, 5) is 19.9. The largest absolute Gasteiger partial charge is 0.351 e. The summed E-state index contributed by atoms with van der Waals surface area (Å²) in [6, 6.07) is 8.02. The Kier molecular flexibility index (Phi) is 4.69. The van der Waals surface area contributed by atoms with E-state index in [-0.39, 0.29) is 17.4 Å². The van der Waals surface area contributed by atoms with Crippen LogP contribution in [0.3, 0.4) is 0 Å². The molecule has 1 atom stereocenters. The maximum atomic E-state index is 13.2. The Morgan fingerprint density at radius 2 is 2.04 bits per heavy atom. The number of aromatic nitrogens is 1. The van der Waals surface area contributed by atoms with Gasteiger partial charge in [0.1, 0.15) is 0 Å². The van der Waals surface area contributed by atoms with Gasteiger partial charge in [0.2, 0.25) is 5.91 Å². The van der Waals surface area contributed by atoms with E-state index in [2.05, 4.69) is 15.2 Å². The van der Waals surface area contributed by atoms with Crippen LogP contribution >= 0.6 is 22.9 Å². The molecule has 1 saturated heterocycles. The topological polar surface area (TPSA) is 45.2 Å². The molecule has 0 radical (unpaired) electrons. The highest BCUT2D eigenvalue weighted by molar-refractivity contribution is 7.13. The first-order valence-electron chi connectivity index (χ1n) is 8.89.